The highest BCUT2D eigenvalue weighted by molar-refractivity contribution is 9.10. The molecule has 1 rings (SSSR count). The van der Waals surface area contributed by atoms with Crippen LogP contribution in [0, 0.1) is 11.8 Å². The van der Waals surface area contributed by atoms with Gasteiger partial charge in [-0.3, -0.25) is 4.79 Å². The molecule has 0 aliphatic rings. The van der Waals surface area contributed by atoms with Gasteiger partial charge in [0, 0.05) is 23.8 Å². The van der Waals surface area contributed by atoms with Gasteiger partial charge in [0.25, 0.3) is 0 Å². The molecule has 1 aromatic carbocycles. The molecule has 0 aliphatic carbocycles. The summed E-state index contributed by atoms with van der Waals surface area (Å²) < 4.78 is 1.02. The van der Waals surface area contributed by atoms with Crippen molar-refractivity contribution in [3.63, 3.8) is 0 Å². The van der Waals surface area contributed by atoms with Crippen LogP contribution in [0.5, 0.6) is 0 Å². The maximum atomic E-state index is 12.4. The lowest BCUT2D eigenvalue weighted by molar-refractivity contribution is -0.123. The predicted octanol–water partition coefficient (Wildman–Crippen LogP) is 2.90. The van der Waals surface area contributed by atoms with E-state index in [2.05, 4.69) is 35.1 Å². The van der Waals surface area contributed by atoms with Crippen molar-refractivity contribution in [3.05, 3.63) is 28.7 Å². The number of anilines is 1. The Hall–Kier alpha value is -0.870. The summed E-state index contributed by atoms with van der Waals surface area (Å²) in [6.07, 6.45) is 0. The maximum Gasteiger partial charge on any atom is 0.231 e. The summed E-state index contributed by atoms with van der Waals surface area (Å²) in [6, 6.07) is 7.78. The number of nitrogens with one attached hydrogen (secondary N) is 1. The molecule has 1 aromatic rings. The summed E-state index contributed by atoms with van der Waals surface area (Å²) in [6.45, 7) is 4.86. The zero-order valence-corrected chi connectivity index (χ0v) is 13.0. The van der Waals surface area contributed by atoms with E-state index in [0.29, 0.717) is 12.5 Å². The lowest BCUT2D eigenvalue weighted by atomic mass is 9.94. The quantitative estimate of drug-likeness (QED) is 0.906. The van der Waals surface area contributed by atoms with Crippen molar-refractivity contribution in [2.75, 3.05) is 25.5 Å². The highest BCUT2D eigenvalue weighted by Gasteiger charge is 2.25. The molecule has 0 aliphatic heterocycles. The van der Waals surface area contributed by atoms with Gasteiger partial charge < -0.3 is 10.2 Å². The summed E-state index contributed by atoms with van der Waals surface area (Å²) in [5.41, 5.74) is 0.921. The number of amides is 1. The van der Waals surface area contributed by atoms with E-state index in [1.807, 2.05) is 38.4 Å². The summed E-state index contributed by atoms with van der Waals surface area (Å²) in [5, 5.41) is 3.09. The van der Waals surface area contributed by atoms with Crippen LogP contribution in [0.25, 0.3) is 0 Å². The molecule has 1 atom stereocenters. The Morgan fingerprint density at radius 1 is 1.33 bits per heavy atom. The molecule has 0 heterocycles. The molecule has 3 nitrogen and oxygen atoms in total. The normalized spacial score (nSPS) is 12.6. The first-order valence-corrected chi connectivity index (χ1v) is 6.94. The molecular formula is C14H21BrN2O. The molecule has 0 saturated heterocycles. The second-order valence-corrected chi connectivity index (χ2v) is 5.70. The van der Waals surface area contributed by atoms with Crippen molar-refractivity contribution in [2.24, 2.45) is 11.8 Å². The van der Waals surface area contributed by atoms with E-state index >= 15 is 0 Å². The van der Waals surface area contributed by atoms with Crippen LogP contribution in [0.15, 0.2) is 28.7 Å². The zero-order valence-electron chi connectivity index (χ0n) is 11.4. The van der Waals surface area contributed by atoms with Crippen LogP contribution < -0.4 is 10.2 Å². The first-order valence-electron chi connectivity index (χ1n) is 6.15. The monoisotopic (exact) mass is 312 g/mol. The van der Waals surface area contributed by atoms with Gasteiger partial charge >= 0.3 is 0 Å². The standard InChI is InChI=1S/C14H21BrN2O/c1-10(2)13(9-16-3)14(18)17(4)12-7-5-11(15)6-8-12/h5-8,10,13,16H,9H2,1-4H3. The lowest BCUT2D eigenvalue weighted by Crippen LogP contribution is -2.40. The number of hydrogen-bond acceptors (Lipinski definition) is 2. The maximum absolute atomic E-state index is 12.4. The number of halogens is 1. The third kappa shape index (κ3) is 3.82. The van der Waals surface area contributed by atoms with Crippen LogP contribution in [0.1, 0.15) is 13.8 Å². The van der Waals surface area contributed by atoms with Crippen molar-refractivity contribution < 1.29 is 4.79 Å². The fraction of sp³-hybridized carbons (Fsp3) is 0.500. The minimum absolute atomic E-state index is 0.00338. The van der Waals surface area contributed by atoms with Crippen molar-refractivity contribution >= 4 is 27.5 Å². The summed E-state index contributed by atoms with van der Waals surface area (Å²) in [5.74, 6) is 0.480. The topological polar surface area (TPSA) is 32.3 Å². The Morgan fingerprint density at radius 3 is 2.33 bits per heavy atom. The molecule has 0 saturated carbocycles. The van der Waals surface area contributed by atoms with E-state index in [9.17, 15) is 4.79 Å². The zero-order chi connectivity index (χ0) is 13.7. The molecule has 0 fully saturated rings. The van der Waals surface area contributed by atoms with Gasteiger partial charge in [-0.25, -0.2) is 0 Å². The lowest BCUT2D eigenvalue weighted by Gasteiger charge is -2.26. The van der Waals surface area contributed by atoms with Gasteiger partial charge in [0.15, 0.2) is 0 Å². The van der Waals surface area contributed by atoms with Gasteiger partial charge in [-0.1, -0.05) is 29.8 Å². The fourth-order valence-corrected chi connectivity index (χ4v) is 2.13. The molecule has 0 bridgehead atoms. The molecule has 0 radical (unpaired) electrons. The number of rotatable bonds is 5. The van der Waals surface area contributed by atoms with Crippen LogP contribution in [0.4, 0.5) is 5.69 Å². The highest BCUT2D eigenvalue weighted by Crippen LogP contribution is 2.21. The molecule has 4 heteroatoms. The number of benzene rings is 1. The van der Waals surface area contributed by atoms with Crippen LogP contribution in [0.2, 0.25) is 0 Å². The van der Waals surface area contributed by atoms with Gasteiger partial charge in [-0.15, -0.1) is 0 Å². The van der Waals surface area contributed by atoms with Crippen molar-refractivity contribution in [2.45, 2.75) is 13.8 Å². The molecule has 18 heavy (non-hydrogen) atoms. The van der Waals surface area contributed by atoms with E-state index in [-0.39, 0.29) is 11.8 Å². The highest BCUT2D eigenvalue weighted by atomic mass is 79.9. The molecular weight excluding hydrogens is 292 g/mol. The predicted molar refractivity (Wildman–Crippen MR) is 79.8 cm³/mol. The number of carbonyl (C=O) groups is 1. The summed E-state index contributed by atoms with van der Waals surface area (Å²) >= 11 is 3.40. The first kappa shape index (κ1) is 15.2. The van der Waals surface area contributed by atoms with Crippen LogP contribution >= 0.6 is 15.9 Å². The van der Waals surface area contributed by atoms with Crippen molar-refractivity contribution in [1.82, 2.24) is 5.32 Å². The van der Waals surface area contributed by atoms with Crippen LogP contribution in [-0.4, -0.2) is 26.5 Å². The fourth-order valence-electron chi connectivity index (χ4n) is 1.87. The minimum Gasteiger partial charge on any atom is -0.319 e. The average Bonchev–Trinajstić information content (AvgIpc) is 2.35. The van der Waals surface area contributed by atoms with E-state index in [0.717, 1.165) is 10.2 Å². The van der Waals surface area contributed by atoms with Crippen molar-refractivity contribution in [3.8, 4) is 0 Å². The number of hydrogen-bond donors (Lipinski definition) is 1. The SMILES string of the molecule is CNCC(C(=O)N(C)c1ccc(Br)cc1)C(C)C. The third-order valence-corrected chi connectivity index (χ3v) is 3.62. The Kier molecular flexibility index (Phi) is 5.82. The second kappa shape index (κ2) is 6.90. The van der Waals surface area contributed by atoms with Gasteiger partial charge in [0.2, 0.25) is 5.91 Å². The van der Waals surface area contributed by atoms with E-state index in [1.165, 1.54) is 0 Å². The largest absolute Gasteiger partial charge is 0.319 e. The van der Waals surface area contributed by atoms with Gasteiger partial charge in [-0.2, -0.15) is 0 Å². The Balaban J connectivity index is 2.84. The molecule has 0 aromatic heterocycles. The first-order chi connectivity index (χ1) is 8.47. The van der Waals surface area contributed by atoms with Crippen molar-refractivity contribution in [1.29, 1.82) is 0 Å². The second-order valence-electron chi connectivity index (χ2n) is 4.78. The van der Waals surface area contributed by atoms with Gasteiger partial charge in [0.05, 0.1) is 5.92 Å². The Labute approximate surface area is 118 Å². The third-order valence-electron chi connectivity index (χ3n) is 3.09. The Bertz CT molecular complexity index is 389. The van der Waals surface area contributed by atoms with Gasteiger partial charge in [0.1, 0.15) is 0 Å². The summed E-state index contributed by atoms with van der Waals surface area (Å²) in [4.78, 5) is 14.2. The Morgan fingerprint density at radius 2 is 1.89 bits per heavy atom. The van der Waals surface area contributed by atoms with E-state index in [4.69, 9.17) is 0 Å². The van der Waals surface area contributed by atoms with Crippen LogP contribution in [-0.2, 0) is 4.79 Å². The molecule has 100 valence electrons. The summed E-state index contributed by atoms with van der Waals surface area (Å²) in [7, 11) is 3.71. The molecule has 0 spiro atoms. The molecule has 1 unspecified atom stereocenters. The number of nitrogens with zero attached hydrogens (tertiary/aromatic N) is 1. The molecule has 1 N–H and O–H groups in total. The minimum atomic E-state index is 0.00338. The smallest absolute Gasteiger partial charge is 0.231 e. The average molecular weight is 313 g/mol. The van der Waals surface area contributed by atoms with Crippen LogP contribution in [0.3, 0.4) is 0 Å². The van der Waals surface area contributed by atoms with Gasteiger partial charge in [-0.05, 0) is 37.2 Å². The van der Waals surface area contributed by atoms with E-state index < -0.39 is 0 Å². The number of carbonyl (C=O) groups excluding carboxylic acids is 1. The van der Waals surface area contributed by atoms with E-state index in [1.54, 1.807) is 4.90 Å². The molecule has 1 amide bonds.